The molecule has 0 amide bonds. The Morgan fingerprint density at radius 3 is 2.85 bits per heavy atom. The van der Waals surface area contributed by atoms with Crippen molar-refractivity contribution in [2.75, 3.05) is 26.7 Å². The van der Waals surface area contributed by atoms with Gasteiger partial charge >= 0.3 is 0 Å². The van der Waals surface area contributed by atoms with Gasteiger partial charge in [-0.2, -0.15) is 0 Å². The summed E-state index contributed by atoms with van der Waals surface area (Å²) in [7, 11) is 1.64. The highest BCUT2D eigenvalue weighted by Crippen LogP contribution is 2.19. The average Bonchev–Trinajstić information content (AvgIpc) is 3.17. The average molecular weight is 357 g/mol. The molecule has 2 aromatic rings. The molecule has 0 aliphatic rings. The van der Waals surface area contributed by atoms with Crippen molar-refractivity contribution in [1.29, 1.82) is 0 Å². The van der Waals surface area contributed by atoms with Gasteiger partial charge in [-0.15, -0.1) is 6.58 Å². The van der Waals surface area contributed by atoms with E-state index in [1.165, 1.54) is 0 Å². The predicted molar refractivity (Wildman–Crippen MR) is 104 cm³/mol. The van der Waals surface area contributed by atoms with Crippen LogP contribution in [-0.2, 0) is 6.42 Å². The van der Waals surface area contributed by atoms with Crippen molar-refractivity contribution in [2.45, 2.75) is 19.4 Å². The van der Waals surface area contributed by atoms with E-state index >= 15 is 0 Å². The molecular formula is C20H27N3O3. The van der Waals surface area contributed by atoms with Crippen LogP contribution in [0.3, 0.4) is 0 Å². The number of nitrogens with zero attached hydrogens (tertiary/aromatic N) is 1. The lowest BCUT2D eigenvalue weighted by molar-refractivity contribution is 0.229. The maximum atomic E-state index is 5.90. The molecule has 0 radical (unpaired) electrons. The molecule has 6 heteroatoms. The summed E-state index contributed by atoms with van der Waals surface area (Å²) < 4.78 is 16.4. The fourth-order valence-electron chi connectivity index (χ4n) is 2.27. The Hall–Kier alpha value is -2.89. The highest BCUT2D eigenvalue weighted by Gasteiger charge is 2.06. The summed E-state index contributed by atoms with van der Waals surface area (Å²) in [5.41, 5.74) is 0. The van der Waals surface area contributed by atoms with E-state index in [1.54, 1.807) is 19.4 Å². The summed E-state index contributed by atoms with van der Waals surface area (Å²) in [4.78, 5) is 4.58. The van der Waals surface area contributed by atoms with Gasteiger partial charge in [0.15, 0.2) is 5.96 Å². The third kappa shape index (κ3) is 6.93. The second-order valence-corrected chi connectivity index (χ2v) is 5.72. The zero-order chi connectivity index (χ0) is 18.6. The summed E-state index contributed by atoms with van der Waals surface area (Å²) in [6.45, 7) is 7.59. The van der Waals surface area contributed by atoms with Gasteiger partial charge in [0, 0.05) is 25.6 Å². The van der Waals surface area contributed by atoms with E-state index in [-0.39, 0.29) is 6.10 Å². The normalized spacial score (nSPS) is 12.3. The number of furan rings is 1. The molecule has 1 aromatic carbocycles. The SMILES string of the molecule is C=CCNC(=NCC(C)Oc1cccc(OC)c1)NCCc1ccco1. The molecule has 1 aromatic heterocycles. The standard InChI is InChI=1S/C20H27N3O3/c1-4-11-21-20(22-12-10-17-9-6-13-25-17)23-15-16(2)26-19-8-5-7-18(14-19)24-3/h4-9,13-14,16H,1,10-12,15H2,2-3H3,(H2,21,22,23). The zero-order valence-electron chi connectivity index (χ0n) is 15.4. The summed E-state index contributed by atoms with van der Waals surface area (Å²) in [6.07, 6.45) is 4.18. The molecule has 0 fully saturated rings. The molecule has 1 atom stereocenters. The second-order valence-electron chi connectivity index (χ2n) is 5.72. The third-order valence-corrected chi connectivity index (χ3v) is 3.54. The molecule has 0 aliphatic carbocycles. The topological polar surface area (TPSA) is 68.0 Å². The minimum absolute atomic E-state index is 0.0745. The molecule has 2 N–H and O–H groups in total. The Morgan fingerprint density at radius 1 is 1.27 bits per heavy atom. The number of hydrogen-bond acceptors (Lipinski definition) is 4. The maximum Gasteiger partial charge on any atom is 0.191 e. The van der Waals surface area contributed by atoms with Crippen LogP contribution in [0.25, 0.3) is 0 Å². The molecule has 6 nitrogen and oxygen atoms in total. The quantitative estimate of drug-likeness (QED) is 0.389. The van der Waals surface area contributed by atoms with Gasteiger partial charge in [0.1, 0.15) is 23.4 Å². The minimum atomic E-state index is -0.0745. The third-order valence-electron chi connectivity index (χ3n) is 3.54. The summed E-state index contributed by atoms with van der Waals surface area (Å²) in [6, 6.07) is 11.4. The fourth-order valence-corrected chi connectivity index (χ4v) is 2.27. The molecule has 1 heterocycles. The van der Waals surface area contributed by atoms with Crippen LogP contribution >= 0.6 is 0 Å². The fraction of sp³-hybridized carbons (Fsp3) is 0.350. The highest BCUT2D eigenvalue weighted by molar-refractivity contribution is 5.79. The molecular weight excluding hydrogens is 330 g/mol. The number of hydrogen-bond donors (Lipinski definition) is 2. The summed E-state index contributed by atoms with van der Waals surface area (Å²) in [5.74, 6) is 3.19. The number of rotatable bonds is 10. The van der Waals surface area contributed by atoms with Crippen LogP contribution < -0.4 is 20.1 Å². The highest BCUT2D eigenvalue weighted by atomic mass is 16.5. The second kappa shape index (κ2) is 10.9. The van der Waals surface area contributed by atoms with Crippen molar-refractivity contribution >= 4 is 5.96 Å². The first-order valence-electron chi connectivity index (χ1n) is 8.67. The zero-order valence-corrected chi connectivity index (χ0v) is 15.4. The predicted octanol–water partition coefficient (Wildman–Crippen LogP) is 3.02. The van der Waals surface area contributed by atoms with Crippen LogP contribution in [0.15, 0.2) is 64.7 Å². The van der Waals surface area contributed by atoms with Crippen molar-refractivity contribution in [2.24, 2.45) is 4.99 Å². The van der Waals surface area contributed by atoms with Crippen molar-refractivity contribution in [3.63, 3.8) is 0 Å². The summed E-state index contributed by atoms with van der Waals surface area (Å²) >= 11 is 0. The number of guanidine groups is 1. The van der Waals surface area contributed by atoms with Crippen LogP contribution in [0.1, 0.15) is 12.7 Å². The number of methoxy groups -OCH3 is 1. The van der Waals surface area contributed by atoms with Crippen molar-refractivity contribution in [3.05, 3.63) is 61.1 Å². The van der Waals surface area contributed by atoms with E-state index in [0.29, 0.717) is 13.1 Å². The molecule has 1 unspecified atom stereocenters. The van der Waals surface area contributed by atoms with Crippen LogP contribution in [0.5, 0.6) is 11.5 Å². The smallest absolute Gasteiger partial charge is 0.191 e. The first-order valence-corrected chi connectivity index (χ1v) is 8.67. The number of ether oxygens (including phenoxy) is 2. The van der Waals surface area contributed by atoms with E-state index in [9.17, 15) is 0 Å². The Bertz CT molecular complexity index is 683. The molecule has 0 aliphatic heterocycles. The van der Waals surface area contributed by atoms with Gasteiger partial charge in [-0.25, -0.2) is 4.99 Å². The molecule has 0 saturated heterocycles. The van der Waals surface area contributed by atoms with Gasteiger partial charge in [0.2, 0.25) is 0 Å². The van der Waals surface area contributed by atoms with Crippen LogP contribution in [0.4, 0.5) is 0 Å². The molecule has 140 valence electrons. The van der Waals surface area contributed by atoms with Crippen LogP contribution in [0.2, 0.25) is 0 Å². The van der Waals surface area contributed by atoms with E-state index in [2.05, 4.69) is 22.2 Å². The molecule has 0 bridgehead atoms. The van der Waals surface area contributed by atoms with Gasteiger partial charge in [-0.1, -0.05) is 12.1 Å². The monoisotopic (exact) mass is 357 g/mol. The number of nitrogens with one attached hydrogen (secondary N) is 2. The van der Waals surface area contributed by atoms with Crippen molar-refractivity contribution in [3.8, 4) is 11.5 Å². The Balaban J connectivity index is 1.84. The van der Waals surface area contributed by atoms with Gasteiger partial charge in [-0.05, 0) is 31.2 Å². The van der Waals surface area contributed by atoms with Crippen LogP contribution in [0, 0.1) is 0 Å². The first-order chi connectivity index (χ1) is 12.7. The van der Waals surface area contributed by atoms with Crippen molar-refractivity contribution < 1.29 is 13.9 Å². The Labute approximate surface area is 154 Å². The van der Waals surface area contributed by atoms with Gasteiger partial charge < -0.3 is 24.5 Å². The largest absolute Gasteiger partial charge is 0.497 e. The molecule has 0 spiro atoms. The molecule has 26 heavy (non-hydrogen) atoms. The van der Waals surface area contributed by atoms with E-state index in [4.69, 9.17) is 13.9 Å². The van der Waals surface area contributed by atoms with E-state index in [1.807, 2.05) is 43.3 Å². The lowest BCUT2D eigenvalue weighted by Crippen LogP contribution is -2.39. The van der Waals surface area contributed by atoms with E-state index in [0.717, 1.165) is 36.2 Å². The number of aliphatic imine (C=N–C) groups is 1. The Morgan fingerprint density at radius 2 is 2.12 bits per heavy atom. The van der Waals surface area contributed by atoms with Crippen molar-refractivity contribution in [1.82, 2.24) is 10.6 Å². The molecule has 2 rings (SSSR count). The minimum Gasteiger partial charge on any atom is -0.497 e. The van der Waals surface area contributed by atoms with Gasteiger partial charge in [-0.3, -0.25) is 0 Å². The Kier molecular flexibility index (Phi) is 8.12. The maximum absolute atomic E-state index is 5.90. The van der Waals surface area contributed by atoms with Gasteiger partial charge in [0.25, 0.3) is 0 Å². The van der Waals surface area contributed by atoms with E-state index < -0.39 is 0 Å². The molecule has 0 saturated carbocycles. The van der Waals surface area contributed by atoms with Gasteiger partial charge in [0.05, 0.1) is 19.9 Å². The first kappa shape index (κ1) is 19.4. The summed E-state index contributed by atoms with van der Waals surface area (Å²) in [5, 5.41) is 6.49. The van der Waals surface area contributed by atoms with Crippen LogP contribution in [-0.4, -0.2) is 38.8 Å². The number of benzene rings is 1. The lowest BCUT2D eigenvalue weighted by Gasteiger charge is -2.15. The lowest BCUT2D eigenvalue weighted by atomic mass is 10.3.